The number of amides is 2. The van der Waals surface area contributed by atoms with Gasteiger partial charge in [-0.2, -0.15) is 13.2 Å². The van der Waals surface area contributed by atoms with Crippen LogP contribution in [0.3, 0.4) is 0 Å². The van der Waals surface area contributed by atoms with Gasteiger partial charge in [-0.25, -0.2) is 9.59 Å². The van der Waals surface area contributed by atoms with E-state index in [1.54, 1.807) is 0 Å². The Labute approximate surface area is 118 Å². The normalized spacial score (nSPS) is 11.0. The maximum atomic E-state index is 12.0. The van der Waals surface area contributed by atoms with Gasteiger partial charge in [-0.3, -0.25) is 4.98 Å². The lowest BCUT2D eigenvalue weighted by Gasteiger charge is -2.18. The topological polar surface area (TPSA) is 82.5 Å². The molecule has 0 atom stereocenters. The van der Waals surface area contributed by atoms with Gasteiger partial charge in [-0.05, 0) is 12.1 Å². The number of halogens is 3. The van der Waals surface area contributed by atoms with E-state index < -0.39 is 31.1 Å². The Hall–Kier alpha value is -2.32. The summed E-state index contributed by atoms with van der Waals surface area (Å²) in [6.45, 7) is -0.533. The van der Waals surface area contributed by atoms with E-state index in [9.17, 15) is 22.8 Å². The number of nitrogens with one attached hydrogen (secondary N) is 1. The van der Waals surface area contributed by atoms with Gasteiger partial charge in [0.2, 0.25) is 0 Å². The fourth-order valence-corrected chi connectivity index (χ4v) is 1.41. The van der Waals surface area contributed by atoms with Crippen LogP contribution >= 0.6 is 0 Å². The third-order valence-corrected chi connectivity index (χ3v) is 2.56. The molecule has 6 nitrogen and oxygen atoms in total. The van der Waals surface area contributed by atoms with E-state index >= 15 is 0 Å². The molecule has 0 spiro atoms. The molecular weight excluding hydrogens is 291 g/mol. The number of hydrogen-bond donors (Lipinski definition) is 2. The van der Waals surface area contributed by atoms with Crippen LogP contribution in [0.5, 0.6) is 0 Å². The van der Waals surface area contributed by atoms with Gasteiger partial charge in [-0.1, -0.05) is 0 Å². The summed E-state index contributed by atoms with van der Waals surface area (Å²) in [6.07, 6.45) is -4.14. The average Bonchev–Trinajstić information content (AvgIpc) is 2.41. The van der Waals surface area contributed by atoms with Crippen molar-refractivity contribution in [2.24, 2.45) is 0 Å². The molecule has 1 rings (SSSR count). The largest absolute Gasteiger partial charge is 0.478 e. The first-order valence-corrected chi connectivity index (χ1v) is 5.93. The van der Waals surface area contributed by atoms with E-state index in [4.69, 9.17) is 5.11 Å². The lowest BCUT2D eigenvalue weighted by Crippen LogP contribution is -2.38. The molecule has 0 aliphatic heterocycles. The number of aromatic nitrogens is 1. The van der Waals surface area contributed by atoms with Gasteiger partial charge in [-0.15, -0.1) is 0 Å². The standard InChI is InChI=1S/C12H14F3N3O3/c1-18(5-3-12(13,14)15)11(21)17-7-9-6-8(10(19)20)2-4-16-9/h2,4,6H,3,5,7H2,1H3,(H,17,21)(H,19,20). The van der Waals surface area contributed by atoms with Crippen LogP contribution < -0.4 is 5.32 Å². The number of urea groups is 1. The molecule has 0 radical (unpaired) electrons. The molecule has 2 N–H and O–H groups in total. The van der Waals surface area contributed by atoms with Crippen LogP contribution in [0.15, 0.2) is 18.3 Å². The Kier molecular flexibility index (Phi) is 5.51. The van der Waals surface area contributed by atoms with Crippen LogP contribution in [0.2, 0.25) is 0 Å². The predicted octanol–water partition coefficient (Wildman–Crippen LogP) is 1.87. The van der Waals surface area contributed by atoms with Crippen molar-refractivity contribution >= 4 is 12.0 Å². The summed E-state index contributed by atoms with van der Waals surface area (Å²) in [5, 5.41) is 11.2. The zero-order valence-electron chi connectivity index (χ0n) is 11.1. The molecular formula is C12H14F3N3O3. The molecule has 0 aromatic carbocycles. The van der Waals surface area contributed by atoms with Gasteiger partial charge >= 0.3 is 18.2 Å². The van der Waals surface area contributed by atoms with Gasteiger partial charge < -0.3 is 15.3 Å². The first kappa shape index (κ1) is 16.7. The minimum absolute atomic E-state index is 0.0136. The van der Waals surface area contributed by atoms with E-state index in [2.05, 4.69) is 10.3 Å². The number of nitrogens with zero attached hydrogens (tertiary/aromatic N) is 2. The quantitative estimate of drug-likeness (QED) is 0.870. The van der Waals surface area contributed by atoms with Crippen molar-refractivity contribution in [1.82, 2.24) is 15.2 Å². The molecule has 0 fully saturated rings. The number of alkyl halides is 3. The third kappa shape index (κ3) is 6.11. The molecule has 0 aliphatic rings. The van der Waals surface area contributed by atoms with E-state index in [-0.39, 0.29) is 12.1 Å². The van der Waals surface area contributed by atoms with Crippen molar-refractivity contribution in [2.75, 3.05) is 13.6 Å². The number of aromatic carboxylic acids is 1. The second-order valence-corrected chi connectivity index (χ2v) is 4.29. The third-order valence-electron chi connectivity index (χ3n) is 2.56. The Morgan fingerprint density at radius 1 is 1.43 bits per heavy atom. The highest BCUT2D eigenvalue weighted by Crippen LogP contribution is 2.19. The summed E-state index contributed by atoms with van der Waals surface area (Å²) in [6, 6.07) is 1.88. The Balaban J connectivity index is 2.49. The van der Waals surface area contributed by atoms with Crippen molar-refractivity contribution in [1.29, 1.82) is 0 Å². The molecule has 116 valence electrons. The Morgan fingerprint density at radius 2 is 2.10 bits per heavy atom. The maximum Gasteiger partial charge on any atom is 0.390 e. The van der Waals surface area contributed by atoms with Gasteiger partial charge in [0.25, 0.3) is 0 Å². The van der Waals surface area contributed by atoms with Crippen molar-refractivity contribution in [3.05, 3.63) is 29.6 Å². The van der Waals surface area contributed by atoms with Gasteiger partial charge in [0.05, 0.1) is 24.2 Å². The molecule has 21 heavy (non-hydrogen) atoms. The van der Waals surface area contributed by atoms with E-state index in [0.29, 0.717) is 5.69 Å². The number of rotatable bonds is 5. The predicted molar refractivity (Wildman–Crippen MR) is 66.7 cm³/mol. The zero-order chi connectivity index (χ0) is 16.0. The van der Waals surface area contributed by atoms with Crippen LogP contribution in [-0.4, -0.2) is 46.8 Å². The van der Waals surface area contributed by atoms with Crippen molar-refractivity contribution in [2.45, 2.75) is 19.1 Å². The molecule has 9 heteroatoms. The Bertz CT molecular complexity index is 520. The van der Waals surface area contributed by atoms with Crippen LogP contribution in [0.4, 0.5) is 18.0 Å². The van der Waals surface area contributed by atoms with Crippen molar-refractivity contribution in [3.8, 4) is 0 Å². The lowest BCUT2D eigenvalue weighted by molar-refractivity contribution is -0.136. The number of carboxylic acid groups (broad SMARTS) is 1. The minimum Gasteiger partial charge on any atom is -0.478 e. The minimum atomic E-state index is -4.33. The maximum absolute atomic E-state index is 12.0. The number of carboxylic acids is 1. The summed E-state index contributed by atoms with van der Waals surface area (Å²) in [5.74, 6) is -1.13. The second-order valence-electron chi connectivity index (χ2n) is 4.29. The molecule has 1 heterocycles. The summed E-state index contributed by atoms with van der Waals surface area (Å²) < 4.78 is 36.1. The van der Waals surface area contributed by atoms with E-state index in [0.717, 1.165) is 4.90 Å². The number of pyridine rings is 1. The van der Waals surface area contributed by atoms with E-state index in [1.165, 1.54) is 25.4 Å². The van der Waals surface area contributed by atoms with E-state index in [1.807, 2.05) is 0 Å². The lowest BCUT2D eigenvalue weighted by atomic mass is 10.2. The number of carbonyl (C=O) groups is 2. The Morgan fingerprint density at radius 3 is 2.67 bits per heavy atom. The highest BCUT2D eigenvalue weighted by Gasteiger charge is 2.28. The van der Waals surface area contributed by atoms with Gasteiger partial charge in [0, 0.05) is 19.8 Å². The molecule has 0 saturated carbocycles. The molecule has 0 bridgehead atoms. The highest BCUT2D eigenvalue weighted by atomic mass is 19.4. The first-order chi connectivity index (χ1) is 9.69. The van der Waals surface area contributed by atoms with Crippen molar-refractivity contribution in [3.63, 3.8) is 0 Å². The number of carbonyl (C=O) groups excluding carboxylic acids is 1. The summed E-state index contributed by atoms with van der Waals surface area (Å²) >= 11 is 0. The molecule has 0 unspecified atom stereocenters. The van der Waals surface area contributed by atoms with Crippen molar-refractivity contribution < 1.29 is 27.9 Å². The summed E-state index contributed by atoms with van der Waals surface area (Å²) in [4.78, 5) is 27.1. The van der Waals surface area contributed by atoms with Crippen LogP contribution in [0, 0.1) is 0 Å². The second kappa shape index (κ2) is 6.91. The molecule has 1 aromatic rings. The SMILES string of the molecule is CN(CCC(F)(F)F)C(=O)NCc1cc(C(=O)O)ccn1. The fourth-order valence-electron chi connectivity index (χ4n) is 1.41. The van der Waals surface area contributed by atoms with Gasteiger partial charge in [0.1, 0.15) is 0 Å². The summed E-state index contributed by atoms with van der Waals surface area (Å²) in [7, 11) is 1.24. The van der Waals surface area contributed by atoms with Crippen LogP contribution in [0.25, 0.3) is 0 Å². The van der Waals surface area contributed by atoms with Crippen LogP contribution in [0.1, 0.15) is 22.5 Å². The summed E-state index contributed by atoms with van der Waals surface area (Å²) in [5.41, 5.74) is 0.312. The molecule has 2 amide bonds. The monoisotopic (exact) mass is 305 g/mol. The highest BCUT2D eigenvalue weighted by molar-refractivity contribution is 5.87. The zero-order valence-corrected chi connectivity index (χ0v) is 11.1. The molecule has 1 aromatic heterocycles. The van der Waals surface area contributed by atoms with Gasteiger partial charge in [0.15, 0.2) is 0 Å². The molecule has 0 saturated heterocycles. The fraction of sp³-hybridized carbons (Fsp3) is 0.417. The molecule has 0 aliphatic carbocycles. The van der Waals surface area contributed by atoms with Crippen LogP contribution in [-0.2, 0) is 6.54 Å². The first-order valence-electron chi connectivity index (χ1n) is 5.93. The average molecular weight is 305 g/mol. The number of hydrogen-bond acceptors (Lipinski definition) is 3. The smallest absolute Gasteiger partial charge is 0.390 e.